The average Bonchev–Trinajstić information content (AvgIpc) is 2.95. The average molecular weight is 328 g/mol. The Bertz CT molecular complexity index is 759. The van der Waals surface area contributed by atoms with Crippen molar-refractivity contribution in [2.45, 2.75) is 36.1 Å². The van der Waals surface area contributed by atoms with E-state index in [1.54, 1.807) is 0 Å². The molecule has 0 saturated heterocycles. The molecule has 22 heavy (non-hydrogen) atoms. The van der Waals surface area contributed by atoms with E-state index in [1.165, 1.54) is 30.6 Å². The van der Waals surface area contributed by atoms with Crippen LogP contribution in [0.5, 0.6) is 0 Å². The third-order valence-corrected chi connectivity index (χ3v) is 4.99. The van der Waals surface area contributed by atoms with E-state index < -0.39 is 15.6 Å². The van der Waals surface area contributed by atoms with Gasteiger partial charge >= 0.3 is 5.76 Å². The minimum Gasteiger partial charge on any atom is -0.380 e. The van der Waals surface area contributed by atoms with Crippen LogP contribution in [0.1, 0.15) is 12.2 Å². The van der Waals surface area contributed by atoms with E-state index in [9.17, 15) is 17.2 Å². The standard InChI is InChI=1S/C13H14F2N4O2S/c14-13(15)22(20,21)11-4-1-9(2-5-11)18-10-3-6-12-16-8-17-19(12)7-10/h1-2,4-5,8,10,13,18H,3,6-7H2. The quantitative estimate of drug-likeness (QED) is 0.924. The van der Waals surface area contributed by atoms with Crippen LogP contribution in [0.15, 0.2) is 35.5 Å². The molecule has 2 heterocycles. The summed E-state index contributed by atoms with van der Waals surface area (Å²) in [6, 6.07) is 5.49. The maximum absolute atomic E-state index is 12.5. The van der Waals surface area contributed by atoms with E-state index in [0.717, 1.165) is 18.7 Å². The van der Waals surface area contributed by atoms with Crippen molar-refractivity contribution in [3.8, 4) is 0 Å². The van der Waals surface area contributed by atoms with E-state index in [-0.39, 0.29) is 10.9 Å². The fourth-order valence-electron chi connectivity index (χ4n) is 2.43. The highest BCUT2D eigenvalue weighted by Gasteiger charge is 2.26. The topological polar surface area (TPSA) is 76.9 Å². The van der Waals surface area contributed by atoms with Crippen LogP contribution in [-0.2, 0) is 22.8 Å². The molecule has 0 bridgehead atoms. The first kappa shape index (κ1) is 14.9. The molecule has 1 atom stereocenters. The molecule has 0 spiro atoms. The number of rotatable bonds is 4. The normalized spacial score (nSPS) is 18.2. The molecule has 0 amide bonds. The molecule has 3 rings (SSSR count). The zero-order valence-electron chi connectivity index (χ0n) is 11.5. The number of hydrogen-bond acceptors (Lipinski definition) is 5. The number of alkyl halides is 2. The summed E-state index contributed by atoms with van der Waals surface area (Å²) in [5, 5.41) is 7.37. The first-order valence-electron chi connectivity index (χ1n) is 6.72. The summed E-state index contributed by atoms with van der Waals surface area (Å²) >= 11 is 0. The fraction of sp³-hybridized carbons (Fsp3) is 0.385. The number of aromatic nitrogens is 3. The molecule has 6 nitrogen and oxygen atoms in total. The fourth-order valence-corrected chi connectivity index (χ4v) is 3.16. The van der Waals surface area contributed by atoms with Crippen LogP contribution in [0.25, 0.3) is 0 Å². The summed E-state index contributed by atoms with van der Waals surface area (Å²) in [7, 11) is -4.54. The van der Waals surface area contributed by atoms with Crippen LogP contribution in [0.2, 0.25) is 0 Å². The number of anilines is 1. The van der Waals surface area contributed by atoms with Gasteiger partial charge in [0.1, 0.15) is 12.2 Å². The Morgan fingerprint density at radius 2 is 2.00 bits per heavy atom. The molecule has 2 aromatic rings. The van der Waals surface area contributed by atoms with Crippen LogP contribution in [0.4, 0.5) is 14.5 Å². The van der Waals surface area contributed by atoms with Gasteiger partial charge in [-0.25, -0.2) is 18.1 Å². The smallest absolute Gasteiger partial charge is 0.341 e. The van der Waals surface area contributed by atoms with Gasteiger partial charge in [0.25, 0.3) is 0 Å². The number of halogens is 2. The van der Waals surface area contributed by atoms with Crippen LogP contribution in [0, 0.1) is 0 Å². The lowest BCUT2D eigenvalue weighted by molar-refractivity contribution is 0.234. The van der Waals surface area contributed by atoms with Crippen molar-refractivity contribution in [1.29, 1.82) is 0 Å². The highest BCUT2D eigenvalue weighted by Crippen LogP contribution is 2.22. The summed E-state index contributed by atoms with van der Waals surface area (Å²) < 4.78 is 49.4. The van der Waals surface area contributed by atoms with Gasteiger partial charge in [-0.2, -0.15) is 13.9 Å². The molecular formula is C13H14F2N4O2S. The van der Waals surface area contributed by atoms with Crippen molar-refractivity contribution in [1.82, 2.24) is 14.8 Å². The Morgan fingerprint density at radius 3 is 2.68 bits per heavy atom. The van der Waals surface area contributed by atoms with Gasteiger partial charge in [0.15, 0.2) is 0 Å². The molecular weight excluding hydrogens is 314 g/mol. The van der Waals surface area contributed by atoms with Gasteiger partial charge in [-0.15, -0.1) is 0 Å². The molecule has 1 N–H and O–H groups in total. The molecule has 1 aromatic carbocycles. The molecule has 0 saturated carbocycles. The van der Waals surface area contributed by atoms with E-state index in [1.807, 2.05) is 4.68 Å². The molecule has 1 aliphatic rings. The van der Waals surface area contributed by atoms with Crippen molar-refractivity contribution < 1.29 is 17.2 Å². The highest BCUT2D eigenvalue weighted by molar-refractivity contribution is 7.91. The van der Waals surface area contributed by atoms with Gasteiger partial charge < -0.3 is 5.32 Å². The van der Waals surface area contributed by atoms with Gasteiger partial charge in [0.2, 0.25) is 9.84 Å². The Hall–Kier alpha value is -2.03. The van der Waals surface area contributed by atoms with Gasteiger partial charge in [0, 0.05) is 18.2 Å². The number of benzene rings is 1. The van der Waals surface area contributed by atoms with Crippen molar-refractivity contribution in [2.75, 3.05) is 5.32 Å². The largest absolute Gasteiger partial charge is 0.380 e. The zero-order chi connectivity index (χ0) is 15.7. The van der Waals surface area contributed by atoms with Crippen LogP contribution in [0.3, 0.4) is 0 Å². The van der Waals surface area contributed by atoms with E-state index in [2.05, 4.69) is 15.4 Å². The number of nitrogens with one attached hydrogen (secondary N) is 1. The maximum atomic E-state index is 12.5. The number of hydrogen-bond donors (Lipinski definition) is 1. The predicted octanol–water partition coefficient (Wildman–Crippen LogP) is 1.70. The first-order valence-corrected chi connectivity index (χ1v) is 8.27. The second-order valence-electron chi connectivity index (χ2n) is 5.07. The third-order valence-electron chi connectivity index (χ3n) is 3.59. The second kappa shape index (κ2) is 5.64. The minimum absolute atomic E-state index is 0.131. The lowest BCUT2D eigenvalue weighted by atomic mass is 10.1. The number of aryl methyl sites for hydroxylation is 1. The monoisotopic (exact) mass is 328 g/mol. The van der Waals surface area contributed by atoms with E-state index >= 15 is 0 Å². The molecule has 0 aliphatic carbocycles. The van der Waals surface area contributed by atoms with Crippen molar-refractivity contribution in [3.63, 3.8) is 0 Å². The van der Waals surface area contributed by atoms with Crippen LogP contribution >= 0.6 is 0 Å². The van der Waals surface area contributed by atoms with Gasteiger partial charge in [-0.3, -0.25) is 0 Å². The first-order chi connectivity index (χ1) is 10.5. The Morgan fingerprint density at radius 1 is 1.27 bits per heavy atom. The lowest BCUT2D eigenvalue weighted by Gasteiger charge is -2.24. The summed E-state index contributed by atoms with van der Waals surface area (Å²) in [4.78, 5) is 3.76. The number of sulfone groups is 1. The number of nitrogens with zero attached hydrogens (tertiary/aromatic N) is 3. The van der Waals surface area contributed by atoms with Crippen LogP contribution in [-0.4, -0.2) is 35.0 Å². The molecule has 1 aromatic heterocycles. The van der Waals surface area contributed by atoms with Crippen molar-refractivity contribution >= 4 is 15.5 Å². The molecule has 0 radical (unpaired) electrons. The summed E-state index contributed by atoms with van der Waals surface area (Å²) in [5.41, 5.74) is 0.682. The predicted molar refractivity (Wildman–Crippen MR) is 75.4 cm³/mol. The SMILES string of the molecule is O=S(=O)(c1ccc(NC2CCc3ncnn3C2)cc1)C(F)F. The van der Waals surface area contributed by atoms with Gasteiger partial charge in [-0.05, 0) is 30.7 Å². The molecule has 1 aliphatic heterocycles. The summed E-state index contributed by atoms with van der Waals surface area (Å²) in [5.74, 6) is -2.47. The Kier molecular flexibility index (Phi) is 3.81. The minimum atomic E-state index is -4.54. The van der Waals surface area contributed by atoms with Crippen molar-refractivity contribution in [3.05, 3.63) is 36.4 Å². The number of fused-ring (bicyclic) bond motifs is 1. The van der Waals surface area contributed by atoms with Crippen LogP contribution < -0.4 is 5.32 Å². The van der Waals surface area contributed by atoms with Crippen molar-refractivity contribution in [2.24, 2.45) is 0 Å². The highest BCUT2D eigenvalue weighted by atomic mass is 32.2. The second-order valence-corrected chi connectivity index (χ2v) is 6.99. The zero-order valence-corrected chi connectivity index (χ0v) is 12.3. The Labute approximate surface area is 126 Å². The van der Waals surface area contributed by atoms with E-state index in [0.29, 0.717) is 12.2 Å². The summed E-state index contributed by atoms with van der Waals surface area (Å²) in [6.07, 6.45) is 3.19. The maximum Gasteiger partial charge on any atom is 0.341 e. The summed E-state index contributed by atoms with van der Waals surface area (Å²) in [6.45, 7) is 0.659. The van der Waals surface area contributed by atoms with Gasteiger partial charge in [-0.1, -0.05) is 0 Å². The third kappa shape index (κ3) is 2.80. The lowest BCUT2D eigenvalue weighted by Crippen LogP contribution is -2.31. The van der Waals surface area contributed by atoms with Gasteiger partial charge in [0.05, 0.1) is 11.4 Å². The molecule has 9 heteroatoms. The molecule has 118 valence electrons. The molecule has 1 unspecified atom stereocenters. The van der Waals surface area contributed by atoms with E-state index in [4.69, 9.17) is 0 Å². The Balaban J connectivity index is 1.70. The molecule has 0 fully saturated rings.